The molecule has 1 amide bonds. The molecule has 6 heterocycles. The van der Waals surface area contributed by atoms with Crippen LogP contribution < -0.4 is 10.2 Å². The molecule has 1 aromatic carbocycles. The van der Waals surface area contributed by atoms with E-state index in [1.807, 2.05) is 42.6 Å². The molecule has 1 aliphatic rings. The van der Waals surface area contributed by atoms with E-state index >= 15 is 0 Å². The van der Waals surface area contributed by atoms with Gasteiger partial charge in [-0.3, -0.25) is 14.9 Å². The van der Waals surface area contributed by atoms with Crippen LogP contribution in [0.1, 0.15) is 10.4 Å². The van der Waals surface area contributed by atoms with Crippen molar-refractivity contribution in [3.05, 3.63) is 84.8 Å². The van der Waals surface area contributed by atoms with Gasteiger partial charge in [-0.25, -0.2) is 9.97 Å². The Morgan fingerprint density at radius 2 is 1.82 bits per heavy atom. The number of nitrogens with zero attached hydrogens (tertiary/aromatic N) is 6. The Hall–Kier alpha value is -5.09. The van der Waals surface area contributed by atoms with E-state index in [-0.39, 0.29) is 5.91 Å². The summed E-state index contributed by atoms with van der Waals surface area (Å²) in [4.78, 5) is 34.7. The Balaban J connectivity index is 1.21. The Morgan fingerprint density at radius 3 is 2.67 bits per heavy atom. The zero-order valence-electron chi connectivity index (χ0n) is 21.9. The van der Waals surface area contributed by atoms with Crippen LogP contribution in [0.5, 0.6) is 0 Å². The van der Waals surface area contributed by atoms with Gasteiger partial charge in [-0.05, 0) is 49.5 Å². The number of carbonyl (C=O) groups is 1. The zero-order valence-corrected chi connectivity index (χ0v) is 21.9. The van der Waals surface area contributed by atoms with Crippen molar-refractivity contribution in [2.24, 2.45) is 0 Å². The van der Waals surface area contributed by atoms with Crippen molar-refractivity contribution in [2.45, 2.75) is 0 Å². The fourth-order valence-electron chi connectivity index (χ4n) is 5.15. The third-order valence-electron chi connectivity index (χ3n) is 7.34. The average Bonchev–Trinajstić information content (AvgIpc) is 3.62. The number of aromatic amines is 2. The van der Waals surface area contributed by atoms with Gasteiger partial charge in [0.15, 0.2) is 0 Å². The molecule has 1 aliphatic heterocycles. The summed E-state index contributed by atoms with van der Waals surface area (Å²) in [6, 6.07) is 19.0. The summed E-state index contributed by atoms with van der Waals surface area (Å²) < 4.78 is 0. The number of nitrogens with one attached hydrogen (secondary N) is 3. The van der Waals surface area contributed by atoms with Crippen molar-refractivity contribution < 1.29 is 4.79 Å². The highest BCUT2D eigenvalue weighted by Gasteiger charge is 2.20. The van der Waals surface area contributed by atoms with Crippen molar-refractivity contribution >= 4 is 39.3 Å². The number of amides is 1. The predicted octanol–water partition coefficient (Wildman–Crippen LogP) is 4.57. The highest BCUT2D eigenvalue weighted by Crippen LogP contribution is 2.33. The molecule has 3 N–H and O–H groups in total. The molecule has 0 saturated carbocycles. The number of pyridine rings is 3. The summed E-state index contributed by atoms with van der Waals surface area (Å²) in [6.45, 7) is 4.02. The average molecular weight is 530 g/mol. The number of rotatable bonds is 5. The Morgan fingerprint density at radius 1 is 0.975 bits per heavy atom. The van der Waals surface area contributed by atoms with Gasteiger partial charge in [-0.2, -0.15) is 5.10 Å². The van der Waals surface area contributed by atoms with E-state index in [0.29, 0.717) is 11.3 Å². The van der Waals surface area contributed by atoms with E-state index < -0.39 is 0 Å². The van der Waals surface area contributed by atoms with Crippen molar-refractivity contribution in [2.75, 3.05) is 43.4 Å². The van der Waals surface area contributed by atoms with Gasteiger partial charge in [0.25, 0.3) is 5.91 Å². The molecule has 7 rings (SSSR count). The van der Waals surface area contributed by atoms with Gasteiger partial charge >= 0.3 is 0 Å². The number of benzene rings is 1. The first-order valence-electron chi connectivity index (χ1n) is 13.2. The Bertz CT molecular complexity index is 1830. The molecule has 0 unspecified atom stereocenters. The van der Waals surface area contributed by atoms with E-state index in [4.69, 9.17) is 4.98 Å². The number of anilines is 2. The number of aromatic nitrogens is 6. The summed E-state index contributed by atoms with van der Waals surface area (Å²) in [7, 11) is 2.16. The summed E-state index contributed by atoms with van der Waals surface area (Å²) in [5, 5.41) is 11.7. The first kappa shape index (κ1) is 24.0. The summed E-state index contributed by atoms with van der Waals surface area (Å²) >= 11 is 0. The summed E-state index contributed by atoms with van der Waals surface area (Å²) in [5.74, 6) is -0.191. The maximum absolute atomic E-state index is 12.6. The van der Waals surface area contributed by atoms with Crippen molar-refractivity contribution in [3.63, 3.8) is 0 Å². The standard InChI is InChI=1S/C30H27N9O/c1-38-11-13-39(14-12-38)26-9-10-32-29-22(26)16-25(35-29)28-27-24(36-37-28)8-7-23(34-27)20-15-21(18-31-17-20)33-30(40)19-5-3-2-4-6-19/h2-10,15-18H,11-14H2,1H3,(H,32,35)(H,33,40)(H,36,37). The predicted molar refractivity (Wildman–Crippen MR) is 156 cm³/mol. The van der Waals surface area contributed by atoms with Crippen LogP contribution in [0.2, 0.25) is 0 Å². The van der Waals surface area contributed by atoms with Crippen LogP contribution in [0.25, 0.3) is 44.7 Å². The molecule has 1 saturated heterocycles. The zero-order chi connectivity index (χ0) is 27.1. The molecule has 40 heavy (non-hydrogen) atoms. The SMILES string of the molecule is CN1CCN(c2ccnc3[nH]c(-c4n[nH]c5ccc(-c6cncc(NC(=O)c7ccccc7)c6)nc45)cc23)CC1. The molecule has 198 valence electrons. The minimum atomic E-state index is -0.191. The van der Waals surface area contributed by atoms with Gasteiger partial charge in [0, 0.05) is 60.8 Å². The molecule has 0 atom stereocenters. The molecular weight excluding hydrogens is 502 g/mol. The largest absolute Gasteiger partial charge is 0.368 e. The van der Waals surface area contributed by atoms with Gasteiger partial charge < -0.3 is 20.1 Å². The molecule has 10 nitrogen and oxygen atoms in total. The number of piperazine rings is 1. The lowest BCUT2D eigenvalue weighted by atomic mass is 10.1. The lowest BCUT2D eigenvalue weighted by Crippen LogP contribution is -2.44. The van der Waals surface area contributed by atoms with Gasteiger partial charge in [0.2, 0.25) is 0 Å². The Kier molecular flexibility index (Phi) is 5.94. The normalized spacial score (nSPS) is 14.2. The van der Waals surface area contributed by atoms with Gasteiger partial charge in [0.05, 0.1) is 28.8 Å². The lowest BCUT2D eigenvalue weighted by molar-refractivity contribution is 0.102. The first-order valence-corrected chi connectivity index (χ1v) is 13.2. The monoisotopic (exact) mass is 529 g/mol. The van der Waals surface area contributed by atoms with E-state index in [1.54, 1.807) is 24.5 Å². The number of H-pyrrole nitrogens is 2. The van der Waals surface area contributed by atoms with E-state index in [1.165, 1.54) is 5.69 Å². The van der Waals surface area contributed by atoms with Gasteiger partial charge in [-0.1, -0.05) is 18.2 Å². The molecule has 0 radical (unpaired) electrons. The van der Waals surface area contributed by atoms with E-state index in [2.05, 4.69) is 59.4 Å². The maximum atomic E-state index is 12.6. The van der Waals surface area contributed by atoms with Crippen LogP contribution in [-0.2, 0) is 0 Å². The van der Waals surface area contributed by atoms with Crippen molar-refractivity contribution in [3.8, 4) is 22.6 Å². The summed E-state index contributed by atoms with van der Waals surface area (Å²) in [6.07, 6.45) is 5.22. The first-order chi connectivity index (χ1) is 19.6. The van der Waals surface area contributed by atoms with Crippen LogP contribution >= 0.6 is 0 Å². The van der Waals surface area contributed by atoms with Crippen LogP contribution in [0, 0.1) is 0 Å². The number of hydrogen-bond acceptors (Lipinski definition) is 7. The smallest absolute Gasteiger partial charge is 0.255 e. The van der Waals surface area contributed by atoms with Crippen LogP contribution in [0.15, 0.2) is 79.3 Å². The molecule has 5 aromatic heterocycles. The third kappa shape index (κ3) is 4.44. The number of hydrogen-bond donors (Lipinski definition) is 3. The highest BCUT2D eigenvalue weighted by atomic mass is 16.1. The number of carbonyl (C=O) groups excluding carboxylic acids is 1. The van der Waals surface area contributed by atoms with Gasteiger partial charge in [0.1, 0.15) is 16.9 Å². The van der Waals surface area contributed by atoms with Crippen LogP contribution in [0.3, 0.4) is 0 Å². The third-order valence-corrected chi connectivity index (χ3v) is 7.34. The maximum Gasteiger partial charge on any atom is 0.255 e. The minimum Gasteiger partial charge on any atom is -0.368 e. The molecule has 0 aliphatic carbocycles. The van der Waals surface area contributed by atoms with Gasteiger partial charge in [-0.15, -0.1) is 0 Å². The number of likely N-dealkylation sites (N-methyl/N-ethyl adjacent to an activating group) is 1. The number of fused-ring (bicyclic) bond motifs is 2. The highest BCUT2D eigenvalue weighted by molar-refractivity contribution is 6.04. The van der Waals surface area contributed by atoms with Crippen molar-refractivity contribution in [1.29, 1.82) is 0 Å². The molecule has 0 bridgehead atoms. The van der Waals surface area contributed by atoms with E-state index in [9.17, 15) is 4.79 Å². The van der Waals surface area contributed by atoms with E-state index in [0.717, 1.165) is 70.9 Å². The fourth-order valence-corrected chi connectivity index (χ4v) is 5.15. The second-order valence-corrected chi connectivity index (χ2v) is 10.0. The lowest BCUT2D eigenvalue weighted by Gasteiger charge is -2.34. The second kappa shape index (κ2) is 9.90. The summed E-state index contributed by atoms with van der Waals surface area (Å²) in [5.41, 5.74) is 7.83. The minimum absolute atomic E-state index is 0.191. The van der Waals surface area contributed by atoms with Crippen LogP contribution in [0.4, 0.5) is 11.4 Å². The topological polar surface area (TPSA) is 119 Å². The molecule has 1 fully saturated rings. The fraction of sp³-hybridized carbons (Fsp3) is 0.167. The second-order valence-electron chi connectivity index (χ2n) is 10.0. The molecule has 6 aromatic rings. The van der Waals surface area contributed by atoms with Crippen molar-refractivity contribution in [1.82, 2.24) is 35.0 Å². The quantitative estimate of drug-likeness (QED) is 0.299. The molecule has 0 spiro atoms. The Labute approximate surface area is 230 Å². The molecular formula is C30H27N9O. The van der Waals surface area contributed by atoms with Crippen LogP contribution in [-0.4, -0.2) is 74.2 Å². The molecule has 10 heteroatoms.